The zero-order valence-corrected chi connectivity index (χ0v) is 11.7. The summed E-state index contributed by atoms with van der Waals surface area (Å²) in [6, 6.07) is 3.20. The van der Waals surface area contributed by atoms with Crippen LogP contribution in [0.2, 0.25) is 0 Å². The molecule has 0 saturated carbocycles. The SMILES string of the molecule is CN(CCCCCO)c1ncccc1S(C)(=O)=O. The molecule has 0 radical (unpaired) electrons. The topological polar surface area (TPSA) is 70.5 Å². The van der Waals surface area contributed by atoms with Crippen molar-refractivity contribution in [1.82, 2.24) is 4.98 Å². The monoisotopic (exact) mass is 272 g/mol. The molecule has 6 heteroatoms. The molecule has 0 aliphatic heterocycles. The number of aliphatic hydroxyl groups excluding tert-OH is 1. The second-order valence-corrected chi connectivity index (χ2v) is 6.29. The summed E-state index contributed by atoms with van der Waals surface area (Å²) in [7, 11) is -1.43. The molecule has 0 bridgehead atoms. The third kappa shape index (κ3) is 4.27. The van der Waals surface area contributed by atoms with E-state index < -0.39 is 9.84 Å². The first-order valence-corrected chi connectivity index (χ1v) is 7.83. The highest BCUT2D eigenvalue weighted by molar-refractivity contribution is 7.90. The van der Waals surface area contributed by atoms with Crippen molar-refractivity contribution in [1.29, 1.82) is 0 Å². The lowest BCUT2D eigenvalue weighted by Crippen LogP contribution is -2.22. The van der Waals surface area contributed by atoms with Gasteiger partial charge in [0.05, 0.1) is 0 Å². The van der Waals surface area contributed by atoms with Crippen molar-refractivity contribution < 1.29 is 13.5 Å². The molecule has 1 aromatic heterocycles. The third-order valence-corrected chi connectivity index (χ3v) is 3.78. The summed E-state index contributed by atoms with van der Waals surface area (Å²) in [6.07, 6.45) is 5.37. The molecule has 0 aliphatic rings. The Hall–Kier alpha value is -1.14. The van der Waals surface area contributed by atoms with Crippen LogP contribution in [0.5, 0.6) is 0 Å². The van der Waals surface area contributed by atoms with Crippen LogP contribution in [-0.2, 0) is 9.84 Å². The average molecular weight is 272 g/mol. The molecule has 0 spiro atoms. The van der Waals surface area contributed by atoms with Gasteiger partial charge in [0.1, 0.15) is 10.7 Å². The first-order chi connectivity index (χ1) is 8.46. The first kappa shape index (κ1) is 14.9. The second-order valence-electron chi connectivity index (χ2n) is 4.30. The van der Waals surface area contributed by atoms with Gasteiger partial charge in [-0.1, -0.05) is 0 Å². The van der Waals surface area contributed by atoms with Crippen LogP contribution in [0.3, 0.4) is 0 Å². The van der Waals surface area contributed by atoms with E-state index in [-0.39, 0.29) is 11.5 Å². The van der Waals surface area contributed by atoms with E-state index in [2.05, 4.69) is 4.98 Å². The fourth-order valence-electron chi connectivity index (χ4n) is 1.70. The number of hydrogen-bond donors (Lipinski definition) is 1. The number of unbranched alkanes of at least 4 members (excludes halogenated alkanes) is 2. The molecule has 0 unspecified atom stereocenters. The van der Waals surface area contributed by atoms with Crippen molar-refractivity contribution in [2.75, 3.05) is 31.4 Å². The van der Waals surface area contributed by atoms with Gasteiger partial charge in [0.25, 0.3) is 0 Å². The van der Waals surface area contributed by atoms with Gasteiger partial charge >= 0.3 is 0 Å². The van der Waals surface area contributed by atoms with E-state index in [4.69, 9.17) is 5.11 Å². The van der Waals surface area contributed by atoms with E-state index in [1.54, 1.807) is 18.3 Å². The molecule has 5 nitrogen and oxygen atoms in total. The molecule has 1 N–H and O–H groups in total. The third-order valence-electron chi connectivity index (χ3n) is 2.66. The van der Waals surface area contributed by atoms with Crippen molar-refractivity contribution in [2.24, 2.45) is 0 Å². The van der Waals surface area contributed by atoms with Crippen LogP contribution in [0, 0.1) is 0 Å². The summed E-state index contributed by atoms with van der Waals surface area (Å²) < 4.78 is 23.3. The molecule has 1 heterocycles. The quantitative estimate of drug-likeness (QED) is 0.752. The van der Waals surface area contributed by atoms with Crippen LogP contribution in [0.15, 0.2) is 23.2 Å². The molecule has 0 aliphatic carbocycles. The van der Waals surface area contributed by atoms with Gasteiger partial charge in [-0.3, -0.25) is 0 Å². The van der Waals surface area contributed by atoms with Crippen molar-refractivity contribution >= 4 is 15.7 Å². The van der Waals surface area contributed by atoms with E-state index in [0.29, 0.717) is 5.82 Å². The zero-order valence-electron chi connectivity index (χ0n) is 10.8. The van der Waals surface area contributed by atoms with E-state index in [9.17, 15) is 8.42 Å². The van der Waals surface area contributed by atoms with Crippen LogP contribution in [0.1, 0.15) is 19.3 Å². The average Bonchev–Trinajstić information content (AvgIpc) is 2.33. The fourth-order valence-corrected chi connectivity index (χ4v) is 2.57. The van der Waals surface area contributed by atoms with Crippen LogP contribution in [-0.4, -0.2) is 45.0 Å². The van der Waals surface area contributed by atoms with E-state index in [0.717, 1.165) is 25.8 Å². The minimum atomic E-state index is -3.26. The van der Waals surface area contributed by atoms with Crippen molar-refractivity contribution in [3.63, 3.8) is 0 Å². The predicted octanol–water partition coefficient (Wildman–Crippen LogP) is 1.08. The molecular formula is C12H20N2O3S. The molecule has 0 aromatic carbocycles. The van der Waals surface area contributed by atoms with Crippen molar-refractivity contribution in [3.05, 3.63) is 18.3 Å². The summed E-state index contributed by atoms with van der Waals surface area (Å²) in [6.45, 7) is 0.918. The van der Waals surface area contributed by atoms with Crippen LogP contribution in [0.4, 0.5) is 5.82 Å². The molecule has 0 amide bonds. The van der Waals surface area contributed by atoms with Crippen molar-refractivity contribution in [2.45, 2.75) is 24.2 Å². The van der Waals surface area contributed by atoms with Gasteiger partial charge < -0.3 is 10.0 Å². The Morgan fingerprint density at radius 2 is 2.06 bits per heavy atom. The number of nitrogens with zero attached hydrogens (tertiary/aromatic N) is 2. The molecule has 1 rings (SSSR count). The highest BCUT2D eigenvalue weighted by Crippen LogP contribution is 2.21. The van der Waals surface area contributed by atoms with Gasteiger partial charge in [0.2, 0.25) is 0 Å². The highest BCUT2D eigenvalue weighted by atomic mass is 32.2. The maximum Gasteiger partial charge on any atom is 0.179 e. The minimum absolute atomic E-state index is 0.196. The molecule has 0 atom stereocenters. The number of aliphatic hydroxyl groups is 1. The lowest BCUT2D eigenvalue weighted by Gasteiger charge is -2.20. The van der Waals surface area contributed by atoms with Gasteiger partial charge in [0.15, 0.2) is 9.84 Å². The molecule has 0 fully saturated rings. The standard InChI is InChI=1S/C12H20N2O3S/c1-14(9-4-3-5-10-15)12-11(18(2,16)17)7-6-8-13-12/h6-8,15H,3-5,9-10H2,1-2H3. The molecule has 18 heavy (non-hydrogen) atoms. The molecule has 1 aromatic rings. The Morgan fingerprint density at radius 3 is 2.67 bits per heavy atom. The van der Waals surface area contributed by atoms with Gasteiger partial charge in [-0.2, -0.15) is 0 Å². The predicted molar refractivity (Wildman–Crippen MR) is 71.6 cm³/mol. The number of pyridine rings is 1. The summed E-state index contributed by atoms with van der Waals surface area (Å²) in [5.41, 5.74) is 0. The summed E-state index contributed by atoms with van der Waals surface area (Å²) in [5, 5.41) is 8.69. The smallest absolute Gasteiger partial charge is 0.179 e. The molecule has 0 saturated heterocycles. The van der Waals surface area contributed by atoms with E-state index in [1.165, 1.54) is 6.26 Å². The van der Waals surface area contributed by atoms with Gasteiger partial charge in [-0.05, 0) is 31.4 Å². The lowest BCUT2D eigenvalue weighted by molar-refractivity contribution is 0.283. The van der Waals surface area contributed by atoms with Gasteiger partial charge in [-0.25, -0.2) is 13.4 Å². The maximum absolute atomic E-state index is 11.6. The van der Waals surface area contributed by atoms with Crippen molar-refractivity contribution in [3.8, 4) is 0 Å². The number of anilines is 1. The van der Waals surface area contributed by atoms with Crippen LogP contribution < -0.4 is 4.90 Å². The lowest BCUT2D eigenvalue weighted by atomic mass is 10.2. The highest BCUT2D eigenvalue weighted by Gasteiger charge is 2.16. The fraction of sp³-hybridized carbons (Fsp3) is 0.583. The summed E-state index contributed by atoms with van der Waals surface area (Å²) in [4.78, 5) is 6.24. The Labute approximate surface area is 108 Å². The second kappa shape index (κ2) is 6.70. The maximum atomic E-state index is 11.6. The first-order valence-electron chi connectivity index (χ1n) is 5.94. The Bertz CT molecular complexity index is 474. The van der Waals surface area contributed by atoms with E-state index in [1.807, 2.05) is 11.9 Å². The number of hydrogen-bond acceptors (Lipinski definition) is 5. The zero-order chi connectivity index (χ0) is 13.6. The Kier molecular flexibility index (Phi) is 5.55. The van der Waals surface area contributed by atoms with Crippen LogP contribution >= 0.6 is 0 Å². The Balaban J connectivity index is 2.77. The molecular weight excluding hydrogens is 252 g/mol. The largest absolute Gasteiger partial charge is 0.396 e. The minimum Gasteiger partial charge on any atom is -0.396 e. The number of aromatic nitrogens is 1. The van der Waals surface area contributed by atoms with E-state index >= 15 is 0 Å². The van der Waals surface area contributed by atoms with Crippen LogP contribution in [0.25, 0.3) is 0 Å². The molecule has 102 valence electrons. The number of sulfone groups is 1. The summed E-state index contributed by atoms with van der Waals surface area (Å²) in [5.74, 6) is 0.490. The van der Waals surface area contributed by atoms with Gasteiger partial charge in [-0.15, -0.1) is 0 Å². The normalized spacial score (nSPS) is 11.5. The summed E-state index contributed by atoms with van der Waals surface area (Å²) >= 11 is 0. The van der Waals surface area contributed by atoms with Gasteiger partial charge in [0, 0.05) is 32.7 Å². The Morgan fingerprint density at radius 1 is 1.33 bits per heavy atom. The number of rotatable bonds is 7.